The lowest BCUT2D eigenvalue weighted by atomic mass is 10.1. The van der Waals surface area contributed by atoms with Crippen molar-refractivity contribution in [1.29, 1.82) is 0 Å². The normalized spacial score (nSPS) is 30.2. The molecule has 3 aliphatic rings. The Balaban J connectivity index is 1.96. The van der Waals surface area contributed by atoms with Crippen LogP contribution in [0.1, 0.15) is 5.56 Å². The first-order valence-corrected chi connectivity index (χ1v) is 5.92. The highest BCUT2D eigenvalue weighted by atomic mass is 16.9. The minimum Gasteiger partial charge on any atom is -0.493 e. The fraction of sp³-hybridized carbons (Fsp3) is 0.538. The highest BCUT2D eigenvalue weighted by molar-refractivity contribution is 5.43. The van der Waals surface area contributed by atoms with Crippen LogP contribution in [0.5, 0.6) is 11.5 Å². The second kappa shape index (κ2) is 4.42. The van der Waals surface area contributed by atoms with Gasteiger partial charge in [0.05, 0.1) is 34.0 Å². The number of fused-ring (bicyclic) bond motifs is 3. The summed E-state index contributed by atoms with van der Waals surface area (Å²) in [7, 11) is 3.20. The second-order valence-corrected chi connectivity index (χ2v) is 4.42. The van der Waals surface area contributed by atoms with Gasteiger partial charge < -0.3 is 23.7 Å². The van der Waals surface area contributed by atoms with Gasteiger partial charge in [0.1, 0.15) is 0 Å². The molecular formula is C13H16O5. The van der Waals surface area contributed by atoms with Gasteiger partial charge in [0.25, 0.3) is 0 Å². The van der Waals surface area contributed by atoms with E-state index in [4.69, 9.17) is 23.7 Å². The standard InChI is InChI=1S/C13H16O5/c1-14-11-4-3-10(5-12(11)15-2)13-16-6-9(7-17-13)8-18-13/h3-5,9H,6-8H2,1-2H3. The zero-order valence-corrected chi connectivity index (χ0v) is 10.5. The van der Waals surface area contributed by atoms with Gasteiger partial charge in [0.15, 0.2) is 11.5 Å². The van der Waals surface area contributed by atoms with Crippen molar-refractivity contribution in [2.75, 3.05) is 34.0 Å². The molecule has 0 aliphatic carbocycles. The molecular weight excluding hydrogens is 236 g/mol. The molecule has 18 heavy (non-hydrogen) atoms. The maximum Gasteiger partial charge on any atom is 0.312 e. The lowest BCUT2D eigenvalue weighted by Gasteiger charge is -2.45. The van der Waals surface area contributed by atoms with Crippen LogP contribution in [0.25, 0.3) is 0 Å². The van der Waals surface area contributed by atoms with Crippen LogP contribution in [0.2, 0.25) is 0 Å². The van der Waals surface area contributed by atoms with Gasteiger partial charge in [-0.3, -0.25) is 0 Å². The van der Waals surface area contributed by atoms with Crippen molar-refractivity contribution in [2.24, 2.45) is 5.92 Å². The van der Waals surface area contributed by atoms with Gasteiger partial charge in [-0.15, -0.1) is 0 Å². The largest absolute Gasteiger partial charge is 0.493 e. The molecule has 0 saturated carbocycles. The van der Waals surface area contributed by atoms with Crippen molar-refractivity contribution in [3.8, 4) is 11.5 Å². The van der Waals surface area contributed by atoms with E-state index in [1.165, 1.54) is 0 Å². The lowest BCUT2D eigenvalue weighted by Crippen LogP contribution is -2.51. The quantitative estimate of drug-likeness (QED) is 0.816. The van der Waals surface area contributed by atoms with Gasteiger partial charge in [0, 0.05) is 11.5 Å². The van der Waals surface area contributed by atoms with Crippen LogP contribution >= 0.6 is 0 Å². The number of rotatable bonds is 3. The van der Waals surface area contributed by atoms with E-state index in [2.05, 4.69) is 0 Å². The number of hydrogen-bond acceptors (Lipinski definition) is 5. The van der Waals surface area contributed by atoms with Crippen LogP contribution in [-0.2, 0) is 20.2 Å². The van der Waals surface area contributed by atoms with E-state index in [0.717, 1.165) is 5.56 Å². The maximum atomic E-state index is 5.68. The summed E-state index contributed by atoms with van der Waals surface area (Å²) < 4.78 is 27.5. The van der Waals surface area contributed by atoms with E-state index >= 15 is 0 Å². The smallest absolute Gasteiger partial charge is 0.312 e. The van der Waals surface area contributed by atoms with Gasteiger partial charge in [-0.25, -0.2) is 0 Å². The lowest BCUT2D eigenvalue weighted by molar-refractivity contribution is -0.460. The van der Waals surface area contributed by atoms with Gasteiger partial charge in [-0.05, 0) is 18.2 Å². The fourth-order valence-electron chi connectivity index (χ4n) is 2.23. The number of ether oxygens (including phenoxy) is 5. The SMILES string of the molecule is COc1ccc(C23OCC(CO2)CO3)cc1OC. The Hall–Kier alpha value is -1.30. The molecule has 0 atom stereocenters. The van der Waals surface area contributed by atoms with Crippen LogP contribution < -0.4 is 9.47 Å². The molecule has 1 aromatic carbocycles. The Bertz CT molecular complexity index is 423. The van der Waals surface area contributed by atoms with Crippen molar-refractivity contribution in [1.82, 2.24) is 0 Å². The number of hydrogen-bond donors (Lipinski definition) is 0. The fourth-order valence-corrected chi connectivity index (χ4v) is 2.23. The van der Waals surface area contributed by atoms with Crippen LogP contribution in [-0.4, -0.2) is 34.0 Å². The van der Waals surface area contributed by atoms with E-state index in [0.29, 0.717) is 37.2 Å². The summed E-state index contributed by atoms with van der Waals surface area (Å²) in [5.41, 5.74) is 0.790. The second-order valence-electron chi connectivity index (χ2n) is 4.42. The highest BCUT2D eigenvalue weighted by Gasteiger charge is 2.46. The molecule has 3 aliphatic heterocycles. The summed E-state index contributed by atoms with van der Waals surface area (Å²) in [5.74, 6) is 0.566. The summed E-state index contributed by atoms with van der Waals surface area (Å²) in [6.07, 6.45) is 0. The predicted molar refractivity (Wildman–Crippen MR) is 62.6 cm³/mol. The van der Waals surface area contributed by atoms with E-state index in [1.54, 1.807) is 14.2 Å². The molecule has 2 bridgehead atoms. The first kappa shape index (κ1) is 11.8. The third kappa shape index (κ3) is 1.75. The molecule has 0 spiro atoms. The molecule has 4 rings (SSSR count). The molecule has 5 nitrogen and oxygen atoms in total. The molecule has 1 aromatic rings. The predicted octanol–water partition coefficient (Wildman–Crippen LogP) is 1.51. The van der Waals surface area contributed by atoms with Crippen molar-refractivity contribution < 1.29 is 23.7 Å². The first-order chi connectivity index (χ1) is 8.77. The molecule has 98 valence electrons. The molecule has 3 saturated heterocycles. The Morgan fingerprint density at radius 2 is 1.61 bits per heavy atom. The molecule has 0 radical (unpaired) electrons. The molecule has 0 N–H and O–H groups in total. The maximum absolute atomic E-state index is 5.68. The number of methoxy groups -OCH3 is 2. The molecule has 0 amide bonds. The molecule has 5 heteroatoms. The zero-order chi connectivity index (χ0) is 12.6. The molecule has 0 aromatic heterocycles. The van der Waals surface area contributed by atoms with Crippen molar-refractivity contribution >= 4 is 0 Å². The van der Waals surface area contributed by atoms with Gasteiger partial charge in [-0.1, -0.05) is 0 Å². The topological polar surface area (TPSA) is 46.2 Å². The molecule has 3 fully saturated rings. The van der Waals surface area contributed by atoms with Gasteiger partial charge >= 0.3 is 5.97 Å². The summed E-state index contributed by atoms with van der Waals surface area (Å²) in [4.78, 5) is 0. The van der Waals surface area contributed by atoms with Crippen molar-refractivity contribution in [3.05, 3.63) is 23.8 Å². The average Bonchev–Trinajstić information content (AvgIpc) is 2.48. The average molecular weight is 252 g/mol. The molecule has 3 heterocycles. The van der Waals surface area contributed by atoms with Crippen LogP contribution in [0.15, 0.2) is 18.2 Å². The monoisotopic (exact) mass is 252 g/mol. The van der Waals surface area contributed by atoms with Crippen molar-refractivity contribution in [2.45, 2.75) is 5.97 Å². The van der Waals surface area contributed by atoms with E-state index in [9.17, 15) is 0 Å². The summed E-state index contributed by atoms with van der Waals surface area (Å²) >= 11 is 0. The van der Waals surface area contributed by atoms with Crippen molar-refractivity contribution in [3.63, 3.8) is 0 Å². The Morgan fingerprint density at radius 1 is 1.00 bits per heavy atom. The third-order valence-electron chi connectivity index (χ3n) is 3.26. The summed E-state index contributed by atoms with van der Waals surface area (Å²) in [6, 6.07) is 5.51. The van der Waals surface area contributed by atoms with E-state index in [1.807, 2.05) is 18.2 Å². The van der Waals surface area contributed by atoms with Gasteiger partial charge in [0.2, 0.25) is 0 Å². The van der Waals surface area contributed by atoms with E-state index < -0.39 is 5.97 Å². The summed E-state index contributed by atoms with van der Waals surface area (Å²) in [5, 5.41) is 0. The Morgan fingerprint density at radius 3 is 2.17 bits per heavy atom. The Labute approximate surface area is 106 Å². The van der Waals surface area contributed by atoms with Crippen LogP contribution in [0, 0.1) is 5.92 Å². The minimum absolute atomic E-state index is 0.340. The van der Waals surface area contributed by atoms with Crippen LogP contribution in [0.4, 0.5) is 0 Å². The summed E-state index contributed by atoms with van der Waals surface area (Å²) in [6.45, 7) is 1.98. The third-order valence-corrected chi connectivity index (χ3v) is 3.26. The van der Waals surface area contributed by atoms with Crippen LogP contribution in [0.3, 0.4) is 0 Å². The first-order valence-electron chi connectivity index (χ1n) is 5.92. The Kier molecular flexibility index (Phi) is 2.89. The minimum atomic E-state index is -1.08. The van der Waals surface area contributed by atoms with E-state index in [-0.39, 0.29) is 0 Å². The number of benzene rings is 1. The van der Waals surface area contributed by atoms with Gasteiger partial charge in [-0.2, -0.15) is 0 Å². The zero-order valence-electron chi connectivity index (χ0n) is 10.5. The highest BCUT2D eigenvalue weighted by Crippen LogP contribution is 2.41. The molecule has 0 unspecified atom stereocenters.